The summed E-state index contributed by atoms with van der Waals surface area (Å²) < 4.78 is 10.8. The Labute approximate surface area is 200 Å². The second-order valence-corrected chi connectivity index (χ2v) is 7.43. The molecule has 7 nitrogen and oxygen atoms in total. The number of carbonyl (C=O) groups is 1. The highest BCUT2D eigenvalue weighted by Crippen LogP contribution is 2.32. The number of ether oxygens (including phenoxy) is 2. The van der Waals surface area contributed by atoms with Gasteiger partial charge in [0.15, 0.2) is 17.5 Å². The van der Waals surface area contributed by atoms with E-state index in [0.717, 1.165) is 49.1 Å². The van der Waals surface area contributed by atoms with E-state index in [-0.39, 0.29) is 36.7 Å². The van der Waals surface area contributed by atoms with Crippen LogP contribution in [0.1, 0.15) is 36.5 Å². The molecule has 8 heteroatoms. The zero-order valence-electron chi connectivity index (χ0n) is 17.7. The molecule has 0 saturated heterocycles. The first-order valence-corrected chi connectivity index (χ1v) is 10.5. The highest BCUT2D eigenvalue weighted by Gasteiger charge is 2.22. The molecule has 0 fully saturated rings. The van der Waals surface area contributed by atoms with Crippen molar-refractivity contribution in [2.75, 3.05) is 19.9 Å². The van der Waals surface area contributed by atoms with Crippen LogP contribution in [-0.2, 0) is 24.4 Å². The Balaban J connectivity index is 0.00000272. The van der Waals surface area contributed by atoms with Gasteiger partial charge in [-0.1, -0.05) is 30.3 Å². The summed E-state index contributed by atoms with van der Waals surface area (Å²) in [5.41, 5.74) is 3.57. The van der Waals surface area contributed by atoms with Crippen molar-refractivity contribution < 1.29 is 14.3 Å². The van der Waals surface area contributed by atoms with E-state index in [2.05, 4.69) is 27.8 Å². The number of benzene rings is 2. The van der Waals surface area contributed by atoms with Gasteiger partial charge in [0.25, 0.3) is 0 Å². The molecule has 0 aromatic heterocycles. The maximum absolute atomic E-state index is 12.5. The highest BCUT2D eigenvalue weighted by atomic mass is 127. The lowest BCUT2D eigenvalue weighted by molar-refractivity contribution is -0.131. The van der Waals surface area contributed by atoms with Crippen molar-refractivity contribution in [3.05, 3.63) is 59.2 Å². The van der Waals surface area contributed by atoms with E-state index in [1.54, 1.807) is 0 Å². The van der Waals surface area contributed by atoms with Gasteiger partial charge in [-0.3, -0.25) is 4.79 Å². The maximum atomic E-state index is 12.5. The first kappa shape index (κ1) is 23.2. The van der Waals surface area contributed by atoms with E-state index in [0.29, 0.717) is 19.5 Å². The first-order chi connectivity index (χ1) is 14.7. The van der Waals surface area contributed by atoms with Crippen LogP contribution in [-0.4, -0.2) is 36.6 Å². The average molecular weight is 536 g/mol. The molecule has 2 aromatic rings. The summed E-state index contributed by atoms with van der Waals surface area (Å²) in [6.07, 6.45) is 1.29. The van der Waals surface area contributed by atoms with Crippen LogP contribution in [0, 0.1) is 0 Å². The van der Waals surface area contributed by atoms with Crippen LogP contribution in [0.15, 0.2) is 47.5 Å². The average Bonchev–Trinajstić information content (AvgIpc) is 3.41. The van der Waals surface area contributed by atoms with E-state index in [9.17, 15) is 4.79 Å². The molecular formula is C23H29IN4O3. The molecule has 1 amide bonds. The molecule has 0 unspecified atom stereocenters. The van der Waals surface area contributed by atoms with E-state index in [4.69, 9.17) is 9.47 Å². The van der Waals surface area contributed by atoms with Gasteiger partial charge in [-0.25, -0.2) is 4.99 Å². The fraction of sp³-hybridized carbons (Fsp3) is 0.391. The van der Waals surface area contributed by atoms with Crippen molar-refractivity contribution >= 4 is 35.8 Å². The molecule has 4 rings (SSSR count). The SMILES string of the molecule is CCNC(=NCc1ccc2c(c1)OCO2)NCCCC(=O)N1Cc2ccccc2C1.I. The number of nitrogens with one attached hydrogen (secondary N) is 2. The number of halogens is 1. The summed E-state index contributed by atoms with van der Waals surface area (Å²) >= 11 is 0. The number of amides is 1. The smallest absolute Gasteiger partial charge is 0.231 e. The van der Waals surface area contributed by atoms with Crippen molar-refractivity contribution in [2.45, 2.75) is 39.4 Å². The number of carbonyl (C=O) groups excluding carboxylic acids is 1. The quantitative estimate of drug-likeness (QED) is 0.246. The van der Waals surface area contributed by atoms with Gasteiger partial charge >= 0.3 is 0 Å². The Kier molecular flexibility index (Phi) is 8.39. The molecule has 0 bridgehead atoms. The molecule has 2 N–H and O–H groups in total. The van der Waals surface area contributed by atoms with Crippen LogP contribution in [0.2, 0.25) is 0 Å². The van der Waals surface area contributed by atoms with Gasteiger partial charge in [0.2, 0.25) is 12.7 Å². The van der Waals surface area contributed by atoms with Gasteiger partial charge < -0.3 is 25.0 Å². The van der Waals surface area contributed by atoms with Crippen molar-refractivity contribution in [1.82, 2.24) is 15.5 Å². The zero-order chi connectivity index (χ0) is 20.8. The fourth-order valence-electron chi connectivity index (χ4n) is 3.67. The maximum Gasteiger partial charge on any atom is 0.231 e. The number of rotatable bonds is 7. The number of nitrogens with zero attached hydrogens (tertiary/aromatic N) is 2. The summed E-state index contributed by atoms with van der Waals surface area (Å²) in [4.78, 5) is 19.1. The summed E-state index contributed by atoms with van der Waals surface area (Å²) in [7, 11) is 0. The monoisotopic (exact) mass is 536 g/mol. The number of aliphatic imine (C=N–C) groups is 1. The Morgan fingerprint density at radius 1 is 1.06 bits per heavy atom. The van der Waals surface area contributed by atoms with Crippen LogP contribution in [0.3, 0.4) is 0 Å². The molecule has 0 aliphatic carbocycles. The third-order valence-electron chi connectivity index (χ3n) is 5.25. The van der Waals surface area contributed by atoms with Crippen LogP contribution in [0.5, 0.6) is 11.5 Å². The topological polar surface area (TPSA) is 75.2 Å². The highest BCUT2D eigenvalue weighted by molar-refractivity contribution is 14.0. The number of guanidine groups is 1. The fourth-order valence-corrected chi connectivity index (χ4v) is 3.67. The number of hydrogen-bond donors (Lipinski definition) is 2. The van der Waals surface area contributed by atoms with Gasteiger partial charge in [0, 0.05) is 32.6 Å². The van der Waals surface area contributed by atoms with Gasteiger partial charge in [-0.2, -0.15) is 0 Å². The standard InChI is InChI=1S/C23H28N4O3.HI/c1-2-24-23(26-13-17-9-10-20-21(12-17)30-16-29-20)25-11-5-8-22(28)27-14-18-6-3-4-7-19(18)15-27;/h3-4,6-7,9-10,12H,2,5,8,11,13-16H2,1H3,(H2,24,25,26);1H. The predicted octanol–water partition coefficient (Wildman–Crippen LogP) is 3.41. The molecule has 0 spiro atoms. The molecule has 2 aliphatic rings. The van der Waals surface area contributed by atoms with Gasteiger partial charge in [-0.15, -0.1) is 24.0 Å². The summed E-state index contributed by atoms with van der Waals surface area (Å²) in [6.45, 7) is 5.76. The normalized spacial score (nSPS) is 14.1. The lowest BCUT2D eigenvalue weighted by Gasteiger charge is -2.16. The second-order valence-electron chi connectivity index (χ2n) is 7.43. The van der Waals surface area contributed by atoms with Crippen LogP contribution >= 0.6 is 24.0 Å². The number of fused-ring (bicyclic) bond motifs is 2. The van der Waals surface area contributed by atoms with Crippen LogP contribution in [0.4, 0.5) is 0 Å². The van der Waals surface area contributed by atoms with E-state index < -0.39 is 0 Å². The molecule has 31 heavy (non-hydrogen) atoms. The lowest BCUT2D eigenvalue weighted by atomic mass is 10.1. The zero-order valence-corrected chi connectivity index (χ0v) is 20.1. The molecular weight excluding hydrogens is 507 g/mol. The molecule has 2 heterocycles. The van der Waals surface area contributed by atoms with Crippen molar-refractivity contribution in [3.63, 3.8) is 0 Å². The Bertz CT molecular complexity index is 910. The minimum atomic E-state index is 0. The van der Waals surface area contributed by atoms with Crippen molar-refractivity contribution in [1.29, 1.82) is 0 Å². The van der Waals surface area contributed by atoms with Gasteiger partial charge in [0.1, 0.15) is 0 Å². The van der Waals surface area contributed by atoms with E-state index in [1.807, 2.05) is 42.2 Å². The lowest BCUT2D eigenvalue weighted by Crippen LogP contribution is -2.38. The van der Waals surface area contributed by atoms with Gasteiger partial charge in [0.05, 0.1) is 6.54 Å². The van der Waals surface area contributed by atoms with Crippen LogP contribution in [0.25, 0.3) is 0 Å². The minimum Gasteiger partial charge on any atom is -0.454 e. The Morgan fingerprint density at radius 3 is 2.55 bits per heavy atom. The van der Waals surface area contributed by atoms with Crippen molar-refractivity contribution in [3.8, 4) is 11.5 Å². The predicted molar refractivity (Wildman–Crippen MR) is 131 cm³/mol. The molecule has 2 aromatic carbocycles. The molecule has 0 atom stereocenters. The molecule has 0 radical (unpaired) electrons. The number of hydrogen-bond acceptors (Lipinski definition) is 4. The van der Waals surface area contributed by atoms with E-state index >= 15 is 0 Å². The second kappa shape index (κ2) is 11.2. The summed E-state index contributed by atoms with van der Waals surface area (Å²) in [5.74, 6) is 2.49. The summed E-state index contributed by atoms with van der Waals surface area (Å²) in [5, 5.41) is 6.57. The van der Waals surface area contributed by atoms with Gasteiger partial charge in [-0.05, 0) is 42.2 Å². The summed E-state index contributed by atoms with van der Waals surface area (Å²) in [6, 6.07) is 14.1. The van der Waals surface area contributed by atoms with E-state index in [1.165, 1.54) is 11.1 Å². The third kappa shape index (κ3) is 6.03. The Morgan fingerprint density at radius 2 is 1.81 bits per heavy atom. The minimum absolute atomic E-state index is 0. The molecule has 2 aliphatic heterocycles. The van der Waals surface area contributed by atoms with Crippen LogP contribution < -0.4 is 20.1 Å². The largest absolute Gasteiger partial charge is 0.454 e. The first-order valence-electron chi connectivity index (χ1n) is 10.5. The third-order valence-corrected chi connectivity index (χ3v) is 5.25. The van der Waals surface area contributed by atoms with Crippen molar-refractivity contribution in [2.24, 2.45) is 4.99 Å². The molecule has 0 saturated carbocycles. The molecule has 166 valence electrons. The Hall–Kier alpha value is -2.49.